The molecule has 139 heavy (non-hydrogen) atoms. The number of hydrogen-bond acceptors (Lipinski definition) is 27. The lowest BCUT2D eigenvalue weighted by molar-refractivity contribution is 0.119. The highest BCUT2D eigenvalue weighted by molar-refractivity contribution is 7.79. The van der Waals surface area contributed by atoms with Crippen molar-refractivity contribution in [2.75, 3.05) is 49.3 Å². The molecule has 736 valence electrons. The van der Waals surface area contributed by atoms with E-state index in [0.717, 1.165) is 97.2 Å². The summed E-state index contributed by atoms with van der Waals surface area (Å²) in [5, 5.41) is 12.7. The second-order valence-electron chi connectivity index (χ2n) is 30.3. The molecule has 0 unspecified atom stereocenters. The molecule has 1 saturated carbocycles. The van der Waals surface area contributed by atoms with Crippen LogP contribution in [0.1, 0.15) is 127 Å². The van der Waals surface area contributed by atoms with Gasteiger partial charge >= 0.3 is 36.9 Å². The van der Waals surface area contributed by atoms with Crippen LogP contribution in [-0.4, -0.2) is 91.3 Å². The third-order valence-corrected chi connectivity index (χ3v) is 22.4. The predicted molar refractivity (Wildman–Crippen MR) is 536 cm³/mol. The number of aliphatic hydroxyl groups excluding tert-OH is 1. The van der Waals surface area contributed by atoms with Crippen LogP contribution in [0.4, 0.5) is 28.8 Å². The maximum absolute atomic E-state index is 11.5. The number of halogens is 6. The molecule has 1 aliphatic carbocycles. The molecule has 0 heterocycles. The summed E-state index contributed by atoms with van der Waals surface area (Å²) in [6, 6.07) is 65.4. The smallest absolute Gasteiger partial charge is 0.493 e. The Bertz CT molecular complexity index is 5860. The Kier molecular flexibility index (Phi) is 45.9. The van der Waals surface area contributed by atoms with Gasteiger partial charge in [0.2, 0.25) is 0 Å². The molecule has 1 N–H and O–H groups in total. The first-order chi connectivity index (χ1) is 66.8. The van der Waals surface area contributed by atoms with Gasteiger partial charge in [-0.25, -0.2) is 28.8 Å². The maximum Gasteiger partial charge on any atom is 0.513 e. The van der Waals surface area contributed by atoms with Crippen molar-refractivity contribution in [3.8, 4) is 74.7 Å². The number of thiol groups is 1. The van der Waals surface area contributed by atoms with E-state index in [4.69, 9.17) is 131 Å². The molecule has 0 bridgehead atoms. The number of aliphatic hydroxyl groups is 1. The SMILES string of the molecule is CCOc1cccc(OC(=O)OC)c1COc1ccc(C)cc1Cl.CCc1cccc(OC(=O)OC)c1COc1ccc(C)cc1Cl.COC(=O)Oc1cccc(C)c1COc1ccc(C)cc1Cl.COC(=O)Oc1cccc(C2CC2)c1COc1ccc(C)cc1Cl.COC(=O)Oc1cccc(CO)c1COc1ccc(C)cc1Cl.COC(=O)Oc1cccc(CS)c1COc1ccc(C)cc1Cl. The van der Waals surface area contributed by atoms with Crippen molar-refractivity contribution in [1.29, 1.82) is 0 Å². The first-order valence-electron chi connectivity index (χ1n) is 43.2. The van der Waals surface area contributed by atoms with Crippen molar-refractivity contribution >= 4 is 119 Å². The van der Waals surface area contributed by atoms with Gasteiger partial charge in [-0.15, -0.1) is 0 Å². The molecule has 12 aromatic carbocycles. The Morgan fingerprint density at radius 2 is 0.532 bits per heavy atom. The number of methoxy groups -OCH3 is 6. The van der Waals surface area contributed by atoms with Gasteiger partial charge in [-0.2, -0.15) is 12.6 Å². The minimum Gasteiger partial charge on any atom is -0.493 e. The van der Waals surface area contributed by atoms with Crippen molar-refractivity contribution in [2.24, 2.45) is 0 Å². The van der Waals surface area contributed by atoms with Crippen molar-refractivity contribution < 1.29 is 124 Å². The van der Waals surface area contributed by atoms with E-state index in [9.17, 15) is 33.9 Å². The average Bonchev–Trinajstić information content (AvgIpc) is 1.67. The number of aryl methyl sites for hydroxylation is 8. The Balaban J connectivity index is 0.000000205. The van der Waals surface area contributed by atoms with Crippen LogP contribution in [0.25, 0.3) is 0 Å². The van der Waals surface area contributed by atoms with Gasteiger partial charge in [0.05, 0.1) is 91.6 Å². The molecule has 1 aliphatic rings. The molecule has 0 amide bonds. The fraction of sp³-hybridized carbons (Fsp3) is 0.264. The topological polar surface area (TPSA) is 298 Å². The fourth-order valence-electron chi connectivity index (χ4n) is 12.9. The third kappa shape index (κ3) is 35.4. The van der Waals surface area contributed by atoms with Crippen LogP contribution < -0.4 is 61.6 Å². The van der Waals surface area contributed by atoms with Crippen molar-refractivity contribution in [2.45, 2.75) is 139 Å². The van der Waals surface area contributed by atoms with Gasteiger partial charge in [0, 0.05) is 33.6 Å². The Morgan fingerprint density at radius 3 is 0.827 bits per heavy atom. The van der Waals surface area contributed by atoms with Crippen LogP contribution in [0, 0.1) is 48.5 Å². The van der Waals surface area contributed by atoms with E-state index in [1.54, 1.807) is 91.0 Å². The summed E-state index contributed by atoms with van der Waals surface area (Å²) >= 11 is 41.4. The van der Waals surface area contributed by atoms with Gasteiger partial charge in [0.25, 0.3) is 0 Å². The standard InChI is InChI=1S/C19H19ClO4.C18H19ClO5.C18H19ClO4.C17H17ClO5.C17H17ClO4S.C17H17ClO4/c1-12-6-9-18(16(20)10-12)23-11-15-14(13-7-8-13)4-3-5-17(15)24-19(21)22-2;1-4-22-15-6-5-7-16(24-18(20)21-3)13(15)11-23-17-9-8-12(2)10-14(17)19;1-4-13-6-5-7-16(23-18(20)21-3)14(13)11-22-17-9-8-12(2)10-15(17)19;1-11-6-7-16(14(18)8-11)22-10-13-12(9-19)4-3-5-15(13)23-17(20)21-2;1-11-6-7-16(14(18)8-11)21-9-13-12(10-23)4-3-5-15(13)22-17(19)20-2;1-11-7-8-16(14(18)9-11)21-10-13-12(2)5-4-6-15(13)22-17(19)20-3/h3-6,9-10,13H,7-8,11H2,1-2H3;5-10H,4,11H2,1-3H3;5-10H,4,11H2,1-3H3;3-8,19H,9-10H2,1-2H3;3-8,23H,9-10H2,1-2H3;4-9H,10H2,1-3H3. The van der Waals surface area contributed by atoms with Crippen LogP contribution in [0.3, 0.4) is 0 Å². The largest absolute Gasteiger partial charge is 0.513 e. The summed E-state index contributed by atoms with van der Waals surface area (Å²) in [6.07, 6.45) is -1.62. The predicted octanol–water partition coefficient (Wildman–Crippen LogP) is 28.3. The van der Waals surface area contributed by atoms with Crippen LogP contribution in [-0.2, 0) is 86.8 Å². The van der Waals surface area contributed by atoms with Gasteiger partial charge in [-0.3, -0.25) is 0 Å². The molecular formula is C106H108Cl6O26S. The van der Waals surface area contributed by atoms with Crippen LogP contribution in [0.15, 0.2) is 218 Å². The van der Waals surface area contributed by atoms with Crippen molar-refractivity contribution in [1.82, 2.24) is 0 Å². The van der Waals surface area contributed by atoms with Gasteiger partial charge in [-0.05, 0) is 257 Å². The quantitative estimate of drug-likeness (QED) is 0.0183. The van der Waals surface area contributed by atoms with Crippen molar-refractivity contribution in [3.63, 3.8) is 0 Å². The van der Waals surface area contributed by atoms with E-state index in [2.05, 4.69) is 47.1 Å². The lowest BCUT2D eigenvalue weighted by Crippen LogP contribution is -2.11. The Morgan fingerprint density at radius 1 is 0.288 bits per heavy atom. The number of hydrogen-bond donors (Lipinski definition) is 2. The second kappa shape index (κ2) is 57.3. The summed E-state index contributed by atoms with van der Waals surface area (Å²) in [7, 11) is 7.55. The molecular weight excluding hydrogens is 1930 g/mol. The lowest BCUT2D eigenvalue weighted by atomic mass is 10.0. The highest BCUT2D eigenvalue weighted by Crippen LogP contribution is 2.45. The van der Waals surface area contributed by atoms with Gasteiger partial charge < -0.3 is 95.1 Å². The first-order valence-corrected chi connectivity index (χ1v) is 46.1. The zero-order chi connectivity index (χ0) is 101. The van der Waals surface area contributed by atoms with E-state index in [-0.39, 0.29) is 52.0 Å². The molecule has 26 nitrogen and oxygen atoms in total. The summed E-state index contributed by atoms with van der Waals surface area (Å²) in [5.74, 6) is 7.22. The molecule has 0 atom stereocenters. The van der Waals surface area contributed by atoms with Gasteiger partial charge in [-0.1, -0.05) is 180 Å². The van der Waals surface area contributed by atoms with E-state index in [0.29, 0.717) is 134 Å². The minimum atomic E-state index is -0.838. The highest BCUT2D eigenvalue weighted by atomic mass is 35.5. The molecule has 0 saturated heterocycles. The summed E-state index contributed by atoms with van der Waals surface area (Å²) in [6.45, 7) is 19.0. The van der Waals surface area contributed by atoms with Crippen LogP contribution in [0.5, 0.6) is 74.7 Å². The number of carbonyl (C=O) groups is 6. The normalized spacial score (nSPS) is 10.8. The number of rotatable bonds is 30. The molecule has 13 rings (SSSR count). The Hall–Kier alpha value is -13.1. The molecule has 1 fully saturated rings. The monoisotopic (exact) mass is 2040 g/mol. The zero-order valence-corrected chi connectivity index (χ0v) is 84.6. The highest BCUT2D eigenvalue weighted by Gasteiger charge is 2.29. The molecule has 0 aromatic heterocycles. The molecule has 33 heteroatoms. The lowest BCUT2D eigenvalue weighted by Gasteiger charge is -2.15. The maximum atomic E-state index is 11.5. The van der Waals surface area contributed by atoms with E-state index in [1.165, 1.54) is 42.7 Å². The third-order valence-electron chi connectivity index (χ3n) is 20.3. The summed E-state index contributed by atoms with van der Waals surface area (Å²) < 4.78 is 98.6. The zero-order valence-electron chi connectivity index (χ0n) is 79.2. The van der Waals surface area contributed by atoms with E-state index >= 15 is 0 Å². The van der Waals surface area contributed by atoms with Crippen molar-refractivity contribution in [3.05, 3.63) is 343 Å². The number of ether oxygens (including phenoxy) is 19. The van der Waals surface area contributed by atoms with Crippen LogP contribution >= 0.6 is 82.2 Å². The summed E-state index contributed by atoms with van der Waals surface area (Å²) in [5.41, 5.74) is 15.2. The van der Waals surface area contributed by atoms with Gasteiger partial charge in [0.1, 0.15) is 114 Å². The summed E-state index contributed by atoms with van der Waals surface area (Å²) in [4.78, 5) is 68.3. The molecule has 0 radical (unpaired) electrons. The number of benzene rings is 12. The van der Waals surface area contributed by atoms with E-state index in [1.807, 2.05) is 184 Å². The minimum absolute atomic E-state index is 0.0891. The number of carbonyl (C=O) groups excluding carboxylic acids is 6. The fourth-order valence-corrected chi connectivity index (χ4v) is 14.9. The average molecular weight is 2040 g/mol. The second-order valence-corrected chi connectivity index (χ2v) is 33.1. The molecule has 0 aliphatic heterocycles. The van der Waals surface area contributed by atoms with Gasteiger partial charge in [0.15, 0.2) is 0 Å². The molecule has 0 spiro atoms. The van der Waals surface area contributed by atoms with E-state index < -0.39 is 36.9 Å². The first kappa shape index (κ1) is 111. The van der Waals surface area contributed by atoms with Crippen LogP contribution in [0.2, 0.25) is 30.1 Å². The Labute approximate surface area is 843 Å². The molecule has 12 aromatic rings.